The zero-order valence-electron chi connectivity index (χ0n) is 14.3. The molecule has 0 atom stereocenters. The van der Waals surface area contributed by atoms with Crippen LogP contribution in [0, 0.1) is 19.7 Å². The molecule has 0 aromatic heterocycles. The van der Waals surface area contributed by atoms with Crippen molar-refractivity contribution in [3.63, 3.8) is 0 Å². The van der Waals surface area contributed by atoms with Gasteiger partial charge in [0.25, 0.3) is 10.0 Å². The van der Waals surface area contributed by atoms with Gasteiger partial charge in [0.1, 0.15) is 12.4 Å². The molecule has 0 aliphatic heterocycles. The van der Waals surface area contributed by atoms with Crippen LogP contribution in [0.1, 0.15) is 18.1 Å². The number of ether oxygens (including phenoxy) is 1. The second-order valence-electron chi connectivity index (χ2n) is 5.56. The summed E-state index contributed by atoms with van der Waals surface area (Å²) in [6, 6.07) is 9.98. The highest BCUT2D eigenvalue weighted by Crippen LogP contribution is 2.26. The minimum Gasteiger partial charge on any atom is -0.465 e. The van der Waals surface area contributed by atoms with E-state index in [2.05, 4.69) is 0 Å². The van der Waals surface area contributed by atoms with Gasteiger partial charge in [-0.05, 0) is 62.2 Å². The van der Waals surface area contributed by atoms with Gasteiger partial charge in [-0.1, -0.05) is 12.1 Å². The molecule has 0 amide bonds. The molecule has 134 valence electrons. The predicted molar refractivity (Wildman–Crippen MR) is 93.5 cm³/mol. The van der Waals surface area contributed by atoms with E-state index >= 15 is 0 Å². The van der Waals surface area contributed by atoms with Crippen molar-refractivity contribution in [2.24, 2.45) is 0 Å². The fourth-order valence-electron chi connectivity index (χ4n) is 2.35. The first-order valence-electron chi connectivity index (χ1n) is 7.77. The van der Waals surface area contributed by atoms with Crippen LogP contribution >= 0.6 is 0 Å². The van der Waals surface area contributed by atoms with Crippen LogP contribution < -0.4 is 4.31 Å². The molecule has 2 rings (SSSR count). The van der Waals surface area contributed by atoms with Gasteiger partial charge in [0.05, 0.1) is 17.2 Å². The van der Waals surface area contributed by atoms with Crippen molar-refractivity contribution in [2.45, 2.75) is 25.7 Å². The van der Waals surface area contributed by atoms with Gasteiger partial charge < -0.3 is 4.74 Å². The molecule has 0 bridgehead atoms. The maximum absolute atomic E-state index is 13.2. The van der Waals surface area contributed by atoms with E-state index in [9.17, 15) is 17.6 Å². The van der Waals surface area contributed by atoms with Crippen LogP contribution in [-0.4, -0.2) is 27.5 Å². The van der Waals surface area contributed by atoms with E-state index in [1.54, 1.807) is 32.9 Å². The lowest BCUT2D eigenvalue weighted by atomic mass is 10.2. The topological polar surface area (TPSA) is 63.7 Å². The quantitative estimate of drug-likeness (QED) is 0.738. The third kappa shape index (κ3) is 4.36. The van der Waals surface area contributed by atoms with E-state index in [0.29, 0.717) is 5.56 Å². The van der Waals surface area contributed by atoms with Gasteiger partial charge in [0.2, 0.25) is 0 Å². The molecule has 25 heavy (non-hydrogen) atoms. The summed E-state index contributed by atoms with van der Waals surface area (Å²) in [5.41, 5.74) is 1.52. The first-order valence-corrected chi connectivity index (χ1v) is 9.21. The summed E-state index contributed by atoms with van der Waals surface area (Å²) in [6.45, 7) is 4.75. The average Bonchev–Trinajstić information content (AvgIpc) is 2.56. The lowest BCUT2D eigenvalue weighted by molar-refractivity contribution is -0.141. The summed E-state index contributed by atoms with van der Waals surface area (Å²) in [5, 5.41) is 0. The van der Waals surface area contributed by atoms with Gasteiger partial charge in [-0.15, -0.1) is 0 Å². The highest BCUT2D eigenvalue weighted by Gasteiger charge is 2.29. The summed E-state index contributed by atoms with van der Waals surface area (Å²) in [5.74, 6) is -1.18. The van der Waals surface area contributed by atoms with Gasteiger partial charge in [0.15, 0.2) is 0 Å². The van der Waals surface area contributed by atoms with Crippen LogP contribution in [0.3, 0.4) is 0 Å². The molecular weight excluding hydrogens is 345 g/mol. The number of aryl methyl sites for hydroxylation is 2. The largest absolute Gasteiger partial charge is 0.465 e. The molecule has 0 saturated carbocycles. The lowest BCUT2D eigenvalue weighted by Crippen LogP contribution is -2.37. The Bertz CT molecular complexity index is 863. The van der Waals surface area contributed by atoms with E-state index in [1.165, 1.54) is 12.1 Å². The molecule has 0 N–H and O–H groups in total. The van der Waals surface area contributed by atoms with Crippen molar-refractivity contribution in [1.29, 1.82) is 0 Å². The third-order valence-electron chi connectivity index (χ3n) is 3.60. The van der Waals surface area contributed by atoms with Crippen LogP contribution in [0.2, 0.25) is 0 Å². The highest BCUT2D eigenvalue weighted by molar-refractivity contribution is 7.93. The molecule has 0 spiro atoms. The molecule has 0 radical (unpaired) electrons. The number of sulfonamides is 1. The third-order valence-corrected chi connectivity index (χ3v) is 5.52. The molecule has 0 aliphatic carbocycles. The molecule has 0 unspecified atom stereocenters. The molecule has 0 heterocycles. The number of benzene rings is 2. The van der Waals surface area contributed by atoms with Gasteiger partial charge in [-0.25, -0.2) is 12.8 Å². The molecule has 7 heteroatoms. The second kappa shape index (κ2) is 7.65. The maximum atomic E-state index is 13.2. The number of anilines is 1. The van der Waals surface area contributed by atoms with Crippen molar-refractivity contribution in [3.8, 4) is 0 Å². The standard InChI is InChI=1S/C18H20FNO4S/c1-4-24-18(21)12-20(16-9-7-15(19)8-10-16)25(22,23)17-11-13(2)5-6-14(17)3/h5-11H,4,12H2,1-3H3. The fraction of sp³-hybridized carbons (Fsp3) is 0.278. The minimum atomic E-state index is -4.02. The Morgan fingerprint density at radius 1 is 1.12 bits per heavy atom. The van der Waals surface area contributed by atoms with Crippen LogP contribution in [0.25, 0.3) is 0 Å². The number of rotatable bonds is 6. The van der Waals surface area contributed by atoms with Crippen molar-refractivity contribution in [3.05, 3.63) is 59.4 Å². The summed E-state index contributed by atoms with van der Waals surface area (Å²) in [7, 11) is -4.02. The van der Waals surface area contributed by atoms with E-state index in [0.717, 1.165) is 22.0 Å². The molecule has 0 saturated heterocycles. The van der Waals surface area contributed by atoms with E-state index in [4.69, 9.17) is 4.74 Å². The number of halogens is 1. The van der Waals surface area contributed by atoms with E-state index < -0.39 is 28.4 Å². The zero-order valence-corrected chi connectivity index (χ0v) is 15.1. The van der Waals surface area contributed by atoms with Gasteiger partial charge in [-0.2, -0.15) is 0 Å². The molecule has 0 aliphatic rings. The highest BCUT2D eigenvalue weighted by atomic mass is 32.2. The Morgan fingerprint density at radius 2 is 1.76 bits per heavy atom. The molecular formula is C18H20FNO4S. The van der Waals surface area contributed by atoms with Crippen molar-refractivity contribution < 1.29 is 22.3 Å². The first kappa shape index (κ1) is 18.9. The Morgan fingerprint density at radius 3 is 2.36 bits per heavy atom. The van der Waals surface area contributed by atoms with E-state index in [-0.39, 0.29) is 17.2 Å². The maximum Gasteiger partial charge on any atom is 0.326 e. The van der Waals surface area contributed by atoms with Gasteiger partial charge >= 0.3 is 5.97 Å². The molecule has 5 nitrogen and oxygen atoms in total. The number of nitrogens with zero attached hydrogens (tertiary/aromatic N) is 1. The van der Waals surface area contributed by atoms with Crippen LogP contribution in [0.4, 0.5) is 10.1 Å². The van der Waals surface area contributed by atoms with Crippen LogP contribution in [0.5, 0.6) is 0 Å². The van der Waals surface area contributed by atoms with E-state index in [1.807, 2.05) is 6.07 Å². The SMILES string of the molecule is CCOC(=O)CN(c1ccc(F)cc1)S(=O)(=O)c1cc(C)ccc1C. The molecule has 2 aromatic carbocycles. The summed E-state index contributed by atoms with van der Waals surface area (Å²) < 4.78 is 45.3. The Kier molecular flexibility index (Phi) is 5.79. The average molecular weight is 365 g/mol. The normalized spacial score (nSPS) is 11.2. The summed E-state index contributed by atoms with van der Waals surface area (Å²) in [4.78, 5) is 12.0. The fourth-order valence-corrected chi connectivity index (χ4v) is 4.07. The Labute approximate surface area is 147 Å². The predicted octanol–water partition coefficient (Wildman–Crippen LogP) is 3.20. The minimum absolute atomic E-state index is 0.0983. The second-order valence-corrected chi connectivity index (χ2v) is 7.39. The first-order chi connectivity index (χ1) is 11.8. The smallest absolute Gasteiger partial charge is 0.326 e. The number of carbonyl (C=O) groups is 1. The zero-order chi connectivity index (χ0) is 18.6. The van der Waals surface area contributed by atoms with Crippen molar-refractivity contribution in [2.75, 3.05) is 17.5 Å². The lowest BCUT2D eigenvalue weighted by Gasteiger charge is -2.24. The summed E-state index contributed by atoms with van der Waals surface area (Å²) in [6.07, 6.45) is 0. The number of esters is 1. The Balaban J connectivity index is 2.54. The van der Waals surface area contributed by atoms with Crippen LogP contribution in [-0.2, 0) is 19.6 Å². The van der Waals surface area contributed by atoms with Gasteiger partial charge in [-0.3, -0.25) is 9.10 Å². The molecule has 0 fully saturated rings. The van der Waals surface area contributed by atoms with Crippen molar-refractivity contribution in [1.82, 2.24) is 0 Å². The van der Waals surface area contributed by atoms with Crippen LogP contribution in [0.15, 0.2) is 47.4 Å². The van der Waals surface area contributed by atoms with Gasteiger partial charge in [0, 0.05) is 0 Å². The Hall–Kier alpha value is -2.41. The number of carbonyl (C=O) groups excluding carboxylic acids is 1. The number of hydrogen-bond acceptors (Lipinski definition) is 4. The van der Waals surface area contributed by atoms with Crippen molar-refractivity contribution >= 4 is 21.7 Å². The molecule has 2 aromatic rings. The monoisotopic (exact) mass is 365 g/mol. The summed E-state index contributed by atoms with van der Waals surface area (Å²) >= 11 is 0. The number of hydrogen-bond donors (Lipinski definition) is 0.